The Labute approximate surface area is 124 Å². The van der Waals surface area contributed by atoms with Crippen LogP contribution >= 0.6 is 0 Å². The van der Waals surface area contributed by atoms with E-state index < -0.39 is 0 Å². The molecule has 0 N–H and O–H groups in total. The fourth-order valence-corrected chi connectivity index (χ4v) is 2.32. The topological polar surface area (TPSA) is 52.0 Å². The molecule has 1 heterocycles. The normalized spacial score (nSPS) is 10.6. The van der Waals surface area contributed by atoms with Gasteiger partial charge < -0.3 is 0 Å². The zero-order valence-electron chi connectivity index (χ0n) is 12.5. The monoisotopic (exact) mass is 284 g/mol. The second-order valence-electron chi connectivity index (χ2n) is 5.26. The van der Waals surface area contributed by atoms with Crippen molar-refractivity contribution in [1.29, 1.82) is 0 Å². The van der Waals surface area contributed by atoms with Crippen LogP contribution in [0, 0.1) is 6.92 Å². The molecule has 0 amide bonds. The van der Waals surface area contributed by atoms with E-state index in [1.54, 1.807) is 13.1 Å². The van der Waals surface area contributed by atoms with Crippen LogP contribution in [-0.2, 0) is 24.2 Å². The van der Waals surface area contributed by atoms with Crippen molar-refractivity contribution in [2.24, 2.45) is 0 Å². The average Bonchev–Trinajstić information content (AvgIpc) is 2.47. The number of carbonyl (C=O) groups is 1. The molecule has 21 heavy (non-hydrogen) atoms. The maximum Gasteiger partial charge on any atom is 0.257 e. The van der Waals surface area contributed by atoms with Crippen LogP contribution in [0.25, 0.3) is 0 Å². The average molecular weight is 284 g/mol. The molecule has 2 aromatic rings. The Hall–Kier alpha value is -2.23. The van der Waals surface area contributed by atoms with Gasteiger partial charge in [-0.15, -0.1) is 0 Å². The van der Waals surface area contributed by atoms with Crippen molar-refractivity contribution >= 4 is 5.78 Å². The van der Waals surface area contributed by atoms with Crippen molar-refractivity contribution in [2.45, 2.75) is 39.7 Å². The third-order valence-electron chi connectivity index (χ3n) is 3.45. The van der Waals surface area contributed by atoms with Crippen molar-refractivity contribution in [1.82, 2.24) is 9.55 Å². The Bertz CT molecular complexity index is 675. The number of ketones is 1. The van der Waals surface area contributed by atoms with E-state index in [4.69, 9.17) is 0 Å². The van der Waals surface area contributed by atoms with Gasteiger partial charge in [0.25, 0.3) is 5.56 Å². The number of aryl methyl sites for hydroxylation is 3. The SMILES string of the molecule is CC(=O)Cn1c(C)ncc(CCCc2ccccc2)c1=O. The van der Waals surface area contributed by atoms with E-state index in [0.29, 0.717) is 17.8 Å². The molecular weight excluding hydrogens is 264 g/mol. The van der Waals surface area contributed by atoms with Crippen LogP contribution in [-0.4, -0.2) is 15.3 Å². The first-order chi connectivity index (χ1) is 10.1. The Morgan fingerprint density at radius 3 is 2.57 bits per heavy atom. The molecule has 0 aliphatic carbocycles. The van der Waals surface area contributed by atoms with Crippen molar-refractivity contribution in [3.05, 3.63) is 63.8 Å². The lowest BCUT2D eigenvalue weighted by Gasteiger charge is -2.09. The first kappa shape index (κ1) is 15.2. The molecular formula is C17H20N2O2. The lowest BCUT2D eigenvalue weighted by atomic mass is 10.1. The fourth-order valence-electron chi connectivity index (χ4n) is 2.32. The molecule has 0 radical (unpaired) electrons. The smallest absolute Gasteiger partial charge is 0.257 e. The Morgan fingerprint density at radius 2 is 1.90 bits per heavy atom. The van der Waals surface area contributed by atoms with E-state index in [1.807, 2.05) is 18.2 Å². The minimum absolute atomic E-state index is 0.0385. The van der Waals surface area contributed by atoms with Crippen LogP contribution in [0.1, 0.15) is 30.3 Å². The summed E-state index contributed by atoms with van der Waals surface area (Å²) < 4.78 is 1.46. The summed E-state index contributed by atoms with van der Waals surface area (Å²) in [4.78, 5) is 27.8. The summed E-state index contributed by atoms with van der Waals surface area (Å²) in [5, 5.41) is 0. The molecule has 4 heteroatoms. The number of hydrogen-bond donors (Lipinski definition) is 0. The number of benzene rings is 1. The zero-order chi connectivity index (χ0) is 15.2. The summed E-state index contributed by atoms with van der Waals surface area (Å²) in [5.41, 5.74) is 1.85. The van der Waals surface area contributed by atoms with Crippen LogP contribution in [0.3, 0.4) is 0 Å². The molecule has 0 spiro atoms. The van der Waals surface area contributed by atoms with Gasteiger partial charge >= 0.3 is 0 Å². The van der Waals surface area contributed by atoms with Gasteiger partial charge in [-0.3, -0.25) is 14.2 Å². The molecule has 0 aliphatic rings. The van der Waals surface area contributed by atoms with E-state index in [9.17, 15) is 9.59 Å². The third kappa shape index (κ3) is 4.12. The molecule has 4 nitrogen and oxygen atoms in total. The van der Waals surface area contributed by atoms with Gasteiger partial charge in [-0.1, -0.05) is 30.3 Å². The van der Waals surface area contributed by atoms with Gasteiger partial charge in [-0.2, -0.15) is 0 Å². The van der Waals surface area contributed by atoms with E-state index >= 15 is 0 Å². The highest BCUT2D eigenvalue weighted by atomic mass is 16.1. The van der Waals surface area contributed by atoms with E-state index in [-0.39, 0.29) is 17.9 Å². The molecule has 1 aromatic heterocycles. The van der Waals surface area contributed by atoms with E-state index in [1.165, 1.54) is 17.1 Å². The summed E-state index contributed by atoms with van der Waals surface area (Å²) in [6.07, 6.45) is 4.14. The highest BCUT2D eigenvalue weighted by molar-refractivity contribution is 5.75. The zero-order valence-corrected chi connectivity index (χ0v) is 12.5. The summed E-state index contributed by atoms with van der Waals surface area (Å²) in [6.45, 7) is 3.33. The molecule has 0 atom stereocenters. The van der Waals surface area contributed by atoms with Crippen LogP contribution in [0.4, 0.5) is 0 Å². The number of Topliss-reactive ketones (excluding diaryl/α,β-unsaturated/α-hetero) is 1. The Balaban J connectivity index is 2.07. The van der Waals surface area contributed by atoms with Gasteiger partial charge in [0.05, 0.1) is 6.54 Å². The predicted molar refractivity (Wildman–Crippen MR) is 82.4 cm³/mol. The van der Waals surface area contributed by atoms with Gasteiger partial charge in [0.2, 0.25) is 0 Å². The van der Waals surface area contributed by atoms with Gasteiger partial charge in [0.1, 0.15) is 11.6 Å². The maximum atomic E-state index is 12.3. The molecule has 2 rings (SSSR count). The first-order valence-corrected chi connectivity index (χ1v) is 7.16. The lowest BCUT2D eigenvalue weighted by Crippen LogP contribution is -2.29. The fraction of sp³-hybridized carbons (Fsp3) is 0.353. The highest BCUT2D eigenvalue weighted by Gasteiger charge is 2.09. The molecule has 1 aromatic carbocycles. The maximum absolute atomic E-state index is 12.3. The quantitative estimate of drug-likeness (QED) is 0.818. The van der Waals surface area contributed by atoms with E-state index in [0.717, 1.165) is 12.8 Å². The Kier molecular flexibility index (Phi) is 5.04. The molecule has 0 unspecified atom stereocenters. The number of rotatable bonds is 6. The molecule has 0 fully saturated rings. The highest BCUT2D eigenvalue weighted by Crippen LogP contribution is 2.06. The van der Waals surface area contributed by atoms with Crippen LogP contribution in [0.2, 0.25) is 0 Å². The summed E-state index contributed by atoms with van der Waals surface area (Å²) in [5.74, 6) is 0.547. The predicted octanol–water partition coefficient (Wildman–Crippen LogP) is 2.32. The van der Waals surface area contributed by atoms with Crippen molar-refractivity contribution < 1.29 is 4.79 Å². The molecule has 0 bridgehead atoms. The minimum atomic E-state index is -0.0919. The van der Waals surface area contributed by atoms with Crippen molar-refractivity contribution in [2.75, 3.05) is 0 Å². The van der Waals surface area contributed by atoms with Gasteiger partial charge in [-0.05, 0) is 38.7 Å². The van der Waals surface area contributed by atoms with Crippen molar-refractivity contribution in [3.8, 4) is 0 Å². The summed E-state index contributed by atoms with van der Waals surface area (Å²) >= 11 is 0. The molecule has 0 aliphatic heterocycles. The third-order valence-corrected chi connectivity index (χ3v) is 3.45. The first-order valence-electron chi connectivity index (χ1n) is 7.16. The van der Waals surface area contributed by atoms with Gasteiger partial charge in [0.15, 0.2) is 0 Å². The van der Waals surface area contributed by atoms with Gasteiger partial charge in [0, 0.05) is 11.8 Å². The minimum Gasteiger partial charge on any atom is -0.298 e. The van der Waals surface area contributed by atoms with Crippen LogP contribution in [0.15, 0.2) is 41.3 Å². The largest absolute Gasteiger partial charge is 0.298 e. The van der Waals surface area contributed by atoms with Crippen LogP contribution in [0.5, 0.6) is 0 Å². The van der Waals surface area contributed by atoms with E-state index in [2.05, 4.69) is 17.1 Å². The molecule has 0 saturated heterocycles. The second kappa shape index (κ2) is 6.97. The lowest BCUT2D eigenvalue weighted by molar-refractivity contribution is -0.117. The standard InChI is InChI=1S/C17H20N2O2/c1-13(20)12-19-14(2)18-11-16(17(19)21)10-6-9-15-7-4-3-5-8-15/h3-5,7-8,11H,6,9-10,12H2,1-2H3. The van der Waals surface area contributed by atoms with Crippen molar-refractivity contribution in [3.63, 3.8) is 0 Å². The number of nitrogens with zero attached hydrogens (tertiary/aromatic N) is 2. The number of hydrogen-bond acceptors (Lipinski definition) is 3. The summed E-state index contributed by atoms with van der Waals surface area (Å²) in [6, 6.07) is 10.2. The number of aromatic nitrogens is 2. The van der Waals surface area contributed by atoms with Crippen LogP contribution < -0.4 is 5.56 Å². The molecule has 110 valence electrons. The van der Waals surface area contributed by atoms with Gasteiger partial charge in [-0.25, -0.2) is 4.98 Å². The summed E-state index contributed by atoms with van der Waals surface area (Å²) in [7, 11) is 0. The molecule has 0 saturated carbocycles. The number of carbonyl (C=O) groups excluding carboxylic acids is 1. The Morgan fingerprint density at radius 1 is 1.19 bits per heavy atom. The second-order valence-corrected chi connectivity index (χ2v) is 5.26.